The van der Waals surface area contributed by atoms with E-state index in [1.54, 1.807) is 0 Å². The van der Waals surface area contributed by atoms with Gasteiger partial charge in [0, 0.05) is 0 Å². The van der Waals surface area contributed by atoms with Crippen LogP contribution >= 0.6 is 12.4 Å². The molecule has 4 rings (SSSR count). The Morgan fingerprint density at radius 1 is 0.958 bits per heavy atom. The van der Waals surface area contributed by atoms with Crippen molar-refractivity contribution in [2.45, 2.75) is 62.3 Å². The van der Waals surface area contributed by atoms with Gasteiger partial charge in [-0.15, -0.1) is 12.4 Å². The summed E-state index contributed by atoms with van der Waals surface area (Å²) in [6.45, 7) is 0. The highest BCUT2D eigenvalue weighted by molar-refractivity contribution is 5.85. The molecule has 1 heterocycles. The first-order valence-electron chi connectivity index (χ1n) is 8.52. The van der Waals surface area contributed by atoms with Crippen LogP contribution < -0.4 is 5.73 Å². The van der Waals surface area contributed by atoms with Gasteiger partial charge in [-0.3, -0.25) is 0 Å². The summed E-state index contributed by atoms with van der Waals surface area (Å²) in [6.07, 6.45) is 8.19. The highest BCUT2D eigenvalue weighted by atomic mass is 35.5. The number of rotatable bonds is 3. The van der Waals surface area contributed by atoms with Crippen LogP contribution in [0.25, 0.3) is 0 Å². The van der Waals surface area contributed by atoms with E-state index < -0.39 is 5.54 Å². The first-order valence-corrected chi connectivity index (χ1v) is 8.52. The fourth-order valence-corrected chi connectivity index (χ4v) is 4.22. The van der Waals surface area contributed by atoms with Crippen LogP contribution in [-0.4, -0.2) is 10.1 Å². The number of benzene rings is 1. The number of hydrogen-bond acceptors (Lipinski definition) is 4. The molecule has 4 nitrogen and oxygen atoms in total. The predicted molar refractivity (Wildman–Crippen MR) is 91.5 cm³/mol. The molecule has 1 aromatic heterocycles. The molecule has 0 unspecified atom stereocenters. The molecule has 2 saturated carbocycles. The number of nitrogens with two attached hydrogens (primary N) is 1. The maximum Gasteiger partial charge on any atom is 0.237 e. The summed E-state index contributed by atoms with van der Waals surface area (Å²) < 4.78 is 19.0. The van der Waals surface area contributed by atoms with Gasteiger partial charge in [-0.05, 0) is 43.4 Å². The van der Waals surface area contributed by atoms with Crippen molar-refractivity contribution >= 4 is 12.4 Å². The summed E-state index contributed by atoms with van der Waals surface area (Å²) in [5.41, 5.74) is 6.79. The third-order valence-electron chi connectivity index (χ3n) is 5.63. The second kappa shape index (κ2) is 6.45. The average molecular weight is 352 g/mol. The van der Waals surface area contributed by atoms with Crippen LogP contribution in [0.3, 0.4) is 0 Å². The van der Waals surface area contributed by atoms with Crippen molar-refractivity contribution in [1.29, 1.82) is 0 Å². The van der Waals surface area contributed by atoms with Crippen molar-refractivity contribution in [2.75, 3.05) is 0 Å². The fraction of sp³-hybridized carbons (Fsp3) is 0.556. The molecule has 2 aromatic rings. The molecule has 0 spiro atoms. The summed E-state index contributed by atoms with van der Waals surface area (Å²) in [4.78, 5) is 4.72. The van der Waals surface area contributed by atoms with Crippen molar-refractivity contribution in [3.05, 3.63) is 47.4 Å². The van der Waals surface area contributed by atoms with Crippen LogP contribution in [0.2, 0.25) is 0 Å². The Kier molecular flexibility index (Phi) is 4.67. The molecule has 0 bridgehead atoms. The second-order valence-corrected chi connectivity index (χ2v) is 7.08. The minimum Gasteiger partial charge on any atom is -0.338 e. The standard InChI is InChI=1S/C18H22FN3O.ClH/c19-14-7-5-13(6-8-14)17(9-1-2-10-17)16-21-15(22-23-16)18(20)11-3-4-12-18;/h5-8H,1-4,9-12,20H2;1H. The van der Waals surface area contributed by atoms with E-state index in [-0.39, 0.29) is 23.6 Å². The van der Waals surface area contributed by atoms with Crippen molar-refractivity contribution in [3.8, 4) is 0 Å². The van der Waals surface area contributed by atoms with Crippen LogP contribution in [0, 0.1) is 5.82 Å². The zero-order valence-corrected chi connectivity index (χ0v) is 14.4. The van der Waals surface area contributed by atoms with Crippen molar-refractivity contribution < 1.29 is 8.91 Å². The smallest absolute Gasteiger partial charge is 0.237 e. The molecule has 2 N–H and O–H groups in total. The third-order valence-corrected chi connectivity index (χ3v) is 5.63. The molecular weight excluding hydrogens is 329 g/mol. The van der Waals surface area contributed by atoms with Gasteiger partial charge in [0.1, 0.15) is 5.82 Å². The van der Waals surface area contributed by atoms with Gasteiger partial charge in [0.05, 0.1) is 11.0 Å². The van der Waals surface area contributed by atoms with E-state index in [4.69, 9.17) is 15.2 Å². The van der Waals surface area contributed by atoms with Crippen molar-refractivity contribution in [2.24, 2.45) is 5.73 Å². The van der Waals surface area contributed by atoms with Gasteiger partial charge in [-0.25, -0.2) is 4.39 Å². The summed E-state index contributed by atoms with van der Waals surface area (Å²) in [6, 6.07) is 6.71. The van der Waals surface area contributed by atoms with Crippen molar-refractivity contribution in [1.82, 2.24) is 10.1 Å². The minimum atomic E-state index is -0.440. The molecule has 0 atom stereocenters. The lowest BCUT2D eigenvalue weighted by molar-refractivity contribution is 0.302. The first kappa shape index (κ1) is 17.4. The minimum absolute atomic E-state index is 0. The zero-order chi connectivity index (χ0) is 15.9. The van der Waals surface area contributed by atoms with E-state index in [0.717, 1.165) is 56.9 Å². The molecule has 6 heteroatoms. The van der Waals surface area contributed by atoms with Gasteiger partial charge in [-0.2, -0.15) is 4.98 Å². The lowest BCUT2D eigenvalue weighted by atomic mass is 9.78. The van der Waals surface area contributed by atoms with Gasteiger partial charge in [0.15, 0.2) is 5.82 Å². The number of nitrogens with zero attached hydrogens (tertiary/aromatic N) is 2. The Balaban J connectivity index is 0.00000169. The third kappa shape index (κ3) is 2.74. The van der Waals surface area contributed by atoms with E-state index in [2.05, 4.69) is 5.16 Å². The van der Waals surface area contributed by atoms with Gasteiger partial charge in [-0.1, -0.05) is 43.0 Å². The Bertz CT molecular complexity index is 689. The highest BCUT2D eigenvalue weighted by Crippen LogP contribution is 2.46. The second-order valence-electron chi connectivity index (χ2n) is 7.08. The molecule has 0 saturated heterocycles. The molecule has 0 radical (unpaired) electrons. The van der Waals surface area contributed by atoms with Gasteiger partial charge >= 0.3 is 0 Å². The van der Waals surface area contributed by atoms with Crippen molar-refractivity contribution in [3.63, 3.8) is 0 Å². The summed E-state index contributed by atoms with van der Waals surface area (Å²) in [5.74, 6) is 1.06. The maximum atomic E-state index is 13.3. The van der Waals surface area contributed by atoms with Crippen LogP contribution in [0.1, 0.15) is 68.6 Å². The molecule has 1 aromatic carbocycles. The normalized spacial score (nSPS) is 21.6. The molecule has 0 amide bonds. The molecule has 2 aliphatic rings. The first-order chi connectivity index (χ1) is 11.1. The van der Waals surface area contributed by atoms with Gasteiger partial charge in [0.2, 0.25) is 5.89 Å². The van der Waals surface area contributed by atoms with E-state index >= 15 is 0 Å². The molecule has 24 heavy (non-hydrogen) atoms. The SMILES string of the molecule is Cl.NC1(c2noc(C3(c4ccc(F)cc4)CCCC3)n2)CCCC1. The highest BCUT2D eigenvalue weighted by Gasteiger charge is 2.44. The Hall–Kier alpha value is -1.46. The predicted octanol–water partition coefficient (Wildman–Crippen LogP) is 4.22. The van der Waals surface area contributed by atoms with Gasteiger partial charge in [0.25, 0.3) is 0 Å². The van der Waals surface area contributed by atoms with E-state index in [0.29, 0.717) is 11.7 Å². The van der Waals surface area contributed by atoms with Crippen LogP contribution in [-0.2, 0) is 11.0 Å². The molecule has 0 aliphatic heterocycles. The molecule has 2 fully saturated rings. The Morgan fingerprint density at radius 2 is 1.54 bits per heavy atom. The summed E-state index contributed by atoms with van der Waals surface area (Å²) in [5, 5.41) is 4.22. The topological polar surface area (TPSA) is 64.9 Å². The number of hydrogen-bond donors (Lipinski definition) is 1. The monoisotopic (exact) mass is 351 g/mol. The lowest BCUT2D eigenvalue weighted by Crippen LogP contribution is -2.34. The Morgan fingerprint density at radius 3 is 2.17 bits per heavy atom. The lowest BCUT2D eigenvalue weighted by Gasteiger charge is -2.25. The zero-order valence-electron chi connectivity index (χ0n) is 13.6. The van der Waals surface area contributed by atoms with Crippen LogP contribution in [0.5, 0.6) is 0 Å². The van der Waals surface area contributed by atoms with E-state index in [9.17, 15) is 4.39 Å². The average Bonchev–Trinajstić information content (AvgIpc) is 3.28. The largest absolute Gasteiger partial charge is 0.338 e. The number of aromatic nitrogens is 2. The molecule has 2 aliphatic carbocycles. The molecule has 130 valence electrons. The molecular formula is C18H23ClFN3O. The Labute approximate surface area is 147 Å². The quantitative estimate of drug-likeness (QED) is 0.899. The van der Waals surface area contributed by atoms with Crippen LogP contribution in [0.15, 0.2) is 28.8 Å². The summed E-state index contributed by atoms with van der Waals surface area (Å²) >= 11 is 0. The van der Waals surface area contributed by atoms with E-state index in [1.165, 1.54) is 12.1 Å². The van der Waals surface area contributed by atoms with Gasteiger partial charge < -0.3 is 10.3 Å². The van der Waals surface area contributed by atoms with Crippen LogP contribution in [0.4, 0.5) is 4.39 Å². The maximum absolute atomic E-state index is 13.3. The number of halogens is 2. The fourth-order valence-electron chi connectivity index (χ4n) is 4.22. The summed E-state index contributed by atoms with van der Waals surface area (Å²) in [7, 11) is 0. The van der Waals surface area contributed by atoms with E-state index in [1.807, 2.05) is 12.1 Å².